The first-order valence-electron chi connectivity index (χ1n) is 11.1. The van der Waals surface area contributed by atoms with E-state index in [1.807, 2.05) is 20.8 Å². The summed E-state index contributed by atoms with van der Waals surface area (Å²) in [5.41, 5.74) is 1.41. The molecule has 0 spiro atoms. The van der Waals surface area contributed by atoms with Gasteiger partial charge in [0.25, 0.3) is 5.91 Å². The third-order valence-corrected chi connectivity index (χ3v) is 6.17. The number of nitrogens with zero attached hydrogens (tertiary/aromatic N) is 3. The fraction of sp³-hybridized carbons (Fsp3) is 0.417. The molecular formula is C24H28FN5O3. The number of fused-ring (bicyclic) bond motifs is 1. The number of halogens is 1. The van der Waals surface area contributed by atoms with Gasteiger partial charge in [-0.3, -0.25) is 9.89 Å². The highest BCUT2D eigenvalue weighted by Crippen LogP contribution is 2.30. The second-order valence-corrected chi connectivity index (χ2v) is 9.48. The van der Waals surface area contributed by atoms with Crippen molar-refractivity contribution in [1.82, 2.24) is 25.4 Å². The van der Waals surface area contributed by atoms with Crippen molar-refractivity contribution in [2.45, 2.75) is 64.1 Å². The number of hydrogen-bond acceptors (Lipinski definition) is 4. The second kappa shape index (κ2) is 8.80. The van der Waals surface area contributed by atoms with E-state index in [9.17, 15) is 19.1 Å². The van der Waals surface area contributed by atoms with Gasteiger partial charge in [0, 0.05) is 34.8 Å². The van der Waals surface area contributed by atoms with E-state index in [0.29, 0.717) is 47.7 Å². The van der Waals surface area contributed by atoms with Gasteiger partial charge < -0.3 is 15.3 Å². The van der Waals surface area contributed by atoms with Crippen molar-refractivity contribution >= 4 is 22.9 Å². The molecule has 2 heterocycles. The Morgan fingerprint density at radius 2 is 1.91 bits per heavy atom. The Labute approximate surface area is 191 Å². The topological polar surface area (TPSA) is 111 Å². The molecule has 9 heteroatoms. The Kier molecular flexibility index (Phi) is 6.05. The van der Waals surface area contributed by atoms with Gasteiger partial charge in [0.1, 0.15) is 0 Å². The van der Waals surface area contributed by atoms with Crippen LogP contribution < -0.4 is 5.32 Å². The van der Waals surface area contributed by atoms with E-state index in [0.717, 1.165) is 0 Å². The number of nitrogens with one attached hydrogen (secondary N) is 2. The lowest BCUT2D eigenvalue weighted by Crippen LogP contribution is -2.53. The summed E-state index contributed by atoms with van der Waals surface area (Å²) < 4.78 is 14.1. The molecule has 1 saturated carbocycles. The van der Waals surface area contributed by atoms with E-state index in [-0.39, 0.29) is 23.7 Å². The van der Waals surface area contributed by atoms with Gasteiger partial charge in [-0.15, -0.1) is 0 Å². The van der Waals surface area contributed by atoms with Crippen LogP contribution in [0, 0.1) is 5.95 Å². The van der Waals surface area contributed by atoms with Crippen molar-refractivity contribution in [1.29, 1.82) is 0 Å². The first kappa shape index (κ1) is 22.7. The number of rotatable bonds is 4. The Bertz CT molecular complexity index is 1180. The summed E-state index contributed by atoms with van der Waals surface area (Å²) in [5.74, 6) is -0.881. The van der Waals surface area contributed by atoms with Gasteiger partial charge in [-0.2, -0.15) is 9.49 Å². The lowest BCUT2D eigenvalue weighted by atomic mass is 9.88. The van der Waals surface area contributed by atoms with E-state index in [1.54, 1.807) is 30.3 Å². The molecule has 8 nitrogen and oxygen atoms in total. The summed E-state index contributed by atoms with van der Waals surface area (Å²) in [5, 5.41) is 20.3. The van der Waals surface area contributed by atoms with Gasteiger partial charge in [-0.05, 0) is 76.3 Å². The van der Waals surface area contributed by atoms with Gasteiger partial charge in [0.05, 0.1) is 5.52 Å². The number of aromatic nitrogens is 3. The lowest BCUT2D eigenvalue weighted by Gasteiger charge is -2.42. The number of carbonyl (C=O) groups is 2. The third-order valence-electron chi connectivity index (χ3n) is 6.17. The molecule has 1 fully saturated rings. The molecule has 0 unspecified atom stereocenters. The summed E-state index contributed by atoms with van der Waals surface area (Å²) in [7, 11) is 0. The maximum atomic E-state index is 14.1. The number of carbonyl (C=O) groups excluding carboxylic acids is 1. The molecule has 174 valence electrons. The number of hydrogen-bond donors (Lipinski definition) is 3. The van der Waals surface area contributed by atoms with Crippen LogP contribution in [0.4, 0.5) is 9.18 Å². The normalized spacial score (nSPS) is 18.8. The van der Waals surface area contributed by atoms with Crippen molar-refractivity contribution in [2.24, 2.45) is 0 Å². The quantitative estimate of drug-likeness (QED) is 0.501. The van der Waals surface area contributed by atoms with Gasteiger partial charge >= 0.3 is 6.09 Å². The smallest absolute Gasteiger partial charge is 0.407 e. The van der Waals surface area contributed by atoms with E-state index >= 15 is 0 Å². The number of benzene rings is 1. The highest BCUT2D eigenvalue weighted by molar-refractivity contribution is 6.05. The van der Waals surface area contributed by atoms with E-state index in [1.165, 1.54) is 11.1 Å². The predicted molar refractivity (Wildman–Crippen MR) is 122 cm³/mol. The Hall–Kier alpha value is -3.49. The van der Waals surface area contributed by atoms with E-state index < -0.39 is 17.6 Å². The molecule has 0 aliphatic heterocycles. The number of pyridine rings is 1. The van der Waals surface area contributed by atoms with Crippen LogP contribution in [0.15, 0.2) is 36.5 Å². The zero-order valence-electron chi connectivity index (χ0n) is 18.9. The average Bonchev–Trinajstić information content (AvgIpc) is 3.17. The molecule has 1 aliphatic rings. The largest absolute Gasteiger partial charge is 0.465 e. The molecule has 3 N–H and O–H groups in total. The van der Waals surface area contributed by atoms with Crippen LogP contribution in [-0.4, -0.2) is 54.8 Å². The fourth-order valence-electron chi connectivity index (χ4n) is 4.68. The zero-order valence-corrected chi connectivity index (χ0v) is 18.9. The van der Waals surface area contributed by atoms with Gasteiger partial charge in [0.15, 0.2) is 5.69 Å². The van der Waals surface area contributed by atoms with Crippen molar-refractivity contribution in [3.8, 4) is 11.1 Å². The maximum Gasteiger partial charge on any atom is 0.407 e. The van der Waals surface area contributed by atoms with Crippen LogP contribution in [0.3, 0.4) is 0 Å². The minimum atomic E-state index is -0.918. The summed E-state index contributed by atoms with van der Waals surface area (Å²) >= 11 is 0. The predicted octanol–water partition coefficient (Wildman–Crippen LogP) is 4.58. The number of H-pyrrole nitrogens is 1. The van der Waals surface area contributed by atoms with Crippen LogP contribution in [0.1, 0.15) is 56.9 Å². The minimum Gasteiger partial charge on any atom is -0.465 e. The lowest BCUT2D eigenvalue weighted by molar-refractivity contribution is 0.0519. The average molecular weight is 454 g/mol. The molecule has 1 aliphatic carbocycles. The third kappa shape index (κ3) is 4.67. The maximum absolute atomic E-state index is 14.1. The molecule has 2 amide bonds. The summed E-state index contributed by atoms with van der Waals surface area (Å²) in [6.45, 7) is 5.68. The van der Waals surface area contributed by atoms with Crippen LogP contribution in [0.25, 0.3) is 22.0 Å². The zero-order chi connectivity index (χ0) is 23.8. The van der Waals surface area contributed by atoms with Crippen molar-refractivity contribution in [3.63, 3.8) is 0 Å². The van der Waals surface area contributed by atoms with Gasteiger partial charge in [0.2, 0.25) is 5.95 Å². The van der Waals surface area contributed by atoms with Crippen LogP contribution >= 0.6 is 0 Å². The first-order valence-corrected chi connectivity index (χ1v) is 11.1. The minimum absolute atomic E-state index is 0.0601. The Morgan fingerprint density at radius 1 is 1.18 bits per heavy atom. The van der Waals surface area contributed by atoms with E-state index in [4.69, 9.17) is 0 Å². The highest BCUT2D eigenvalue weighted by Gasteiger charge is 2.36. The van der Waals surface area contributed by atoms with Crippen molar-refractivity contribution in [3.05, 3.63) is 48.2 Å². The molecule has 4 rings (SSSR count). The first-order chi connectivity index (χ1) is 15.6. The number of aromatic amines is 1. The van der Waals surface area contributed by atoms with Crippen LogP contribution in [0.2, 0.25) is 0 Å². The van der Waals surface area contributed by atoms with Crippen LogP contribution in [0.5, 0.6) is 0 Å². The monoisotopic (exact) mass is 453 g/mol. The molecule has 0 bridgehead atoms. The molecular weight excluding hydrogens is 425 g/mol. The molecule has 0 radical (unpaired) electrons. The van der Waals surface area contributed by atoms with E-state index in [2.05, 4.69) is 20.5 Å². The summed E-state index contributed by atoms with van der Waals surface area (Å²) in [6.07, 6.45) is 3.20. The molecule has 2 aromatic heterocycles. The molecule has 0 saturated heterocycles. The van der Waals surface area contributed by atoms with Crippen molar-refractivity contribution < 1.29 is 19.1 Å². The fourth-order valence-corrected chi connectivity index (χ4v) is 4.68. The summed E-state index contributed by atoms with van der Waals surface area (Å²) in [4.78, 5) is 30.0. The molecule has 1 aromatic carbocycles. The molecule has 33 heavy (non-hydrogen) atoms. The molecule has 0 atom stereocenters. The van der Waals surface area contributed by atoms with Crippen LogP contribution in [-0.2, 0) is 0 Å². The number of amides is 2. The Balaban J connectivity index is 1.47. The summed E-state index contributed by atoms with van der Waals surface area (Å²) in [6, 6.07) is 8.42. The second-order valence-electron chi connectivity index (χ2n) is 9.48. The SMILES string of the molecule is CC(C)(C)N(C(=O)O)[C@H]1CC[C@@H](NC(=O)c2n[nH]c3ccc(-c4cccnc4F)cc23)CC1. The number of carboxylic acid groups (broad SMARTS) is 1. The molecule has 3 aromatic rings. The standard InChI is InChI=1S/C24H28FN5O3/c1-24(2,3)30(23(32)33)16-9-7-15(8-10-16)27-22(31)20-18-13-14(6-11-19(18)28-29-20)17-5-4-12-26-21(17)25/h4-6,11-13,15-16H,7-10H2,1-3H3,(H,27,31)(H,28,29)(H,32,33)/t15-,16+. The highest BCUT2D eigenvalue weighted by atomic mass is 19.1. The Morgan fingerprint density at radius 3 is 2.55 bits per heavy atom. The van der Waals surface area contributed by atoms with Gasteiger partial charge in [-0.1, -0.05) is 6.07 Å². The van der Waals surface area contributed by atoms with Gasteiger partial charge in [-0.25, -0.2) is 9.78 Å². The van der Waals surface area contributed by atoms with Crippen molar-refractivity contribution in [2.75, 3.05) is 0 Å².